The standard InChI is InChI=1S/C19H25N5O2/c1-14(2)22-19(25)15-12-18(21-13-20-15)24-10-8-23(9-11-24)16-6-4-5-7-17(16)26-3/h4-7,12-14H,8-11H2,1-3H3,(H,22,25). The third kappa shape index (κ3) is 4.04. The molecule has 1 aromatic heterocycles. The van der Waals surface area contributed by atoms with Crippen LogP contribution in [0.4, 0.5) is 11.5 Å². The van der Waals surface area contributed by atoms with Gasteiger partial charge in [0.1, 0.15) is 23.6 Å². The third-order valence-electron chi connectivity index (χ3n) is 4.33. The van der Waals surface area contributed by atoms with Gasteiger partial charge < -0.3 is 19.9 Å². The molecule has 1 aliphatic heterocycles. The van der Waals surface area contributed by atoms with E-state index in [4.69, 9.17) is 4.74 Å². The lowest BCUT2D eigenvalue weighted by Gasteiger charge is -2.37. The van der Waals surface area contributed by atoms with E-state index in [1.54, 1.807) is 13.2 Å². The number of nitrogens with one attached hydrogen (secondary N) is 1. The fourth-order valence-corrected chi connectivity index (χ4v) is 3.05. The molecule has 0 spiro atoms. The monoisotopic (exact) mass is 355 g/mol. The summed E-state index contributed by atoms with van der Waals surface area (Å²) in [4.78, 5) is 25.1. The maximum atomic E-state index is 12.2. The molecule has 0 bridgehead atoms. The van der Waals surface area contributed by atoms with E-state index in [1.807, 2.05) is 32.0 Å². The zero-order valence-electron chi connectivity index (χ0n) is 15.5. The number of aromatic nitrogens is 2. The molecule has 2 heterocycles. The number of hydrogen-bond acceptors (Lipinski definition) is 6. The molecule has 0 atom stereocenters. The summed E-state index contributed by atoms with van der Waals surface area (Å²) in [7, 11) is 1.69. The maximum Gasteiger partial charge on any atom is 0.270 e. The van der Waals surface area contributed by atoms with Crippen molar-refractivity contribution in [2.75, 3.05) is 43.1 Å². The van der Waals surface area contributed by atoms with Crippen LogP contribution in [-0.4, -0.2) is 55.2 Å². The Labute approximate surface area is 154 Å². The summed E-state index contributed by atoms with van der Waals surface area (Å²) in [5.74, 6) is 1.50. The number of benzene rings is 1. The molecule has 138 valence electrons. The van der Waals surface area contributed by atoms with Crippen LogP contribution in [0.15, 0.2) is 36.7 Å². The van der Waals surface area contributed by atoms with Crippen LogP contribution >= 0.6 is 0 Å². The van der Waals surface area contributed by atoms with Crippen molar-refractivity contribution in [2.45, 2.75) is 19.9 Å². The van der Waals surface area contributed by atoms with Gasteiger partial charge in [-0.2, -0.15) is 0 Å². The number of hydrogen-bond donors (Lipinski definition) is 1. The van der Waals surface area contributed by atoms with Crippen molar-refractivity contribution < 1.29 is 9.53 Å². The first-order valence-corrected chi connectivity index (χ1v) is 8.84. The van der Waals surface area contributed by atoms with Gasteiger partial charge in [0, 0.05) is 38.3 Å². The molecule has 1 fully saturated rings. The Morgan fingerprint density at radius 2 is 1.81 bits per heavy atom. The third-order valence-corrected chi connectivity index (χ3v) is 4.33. The topological polar surface area (TPSA) is 70.6 Å². The van der Waals surface area contributed by atoms with Crippen molar-refractivity contribution in [1.82, 2.24) is 15.3 Å². The van der Waals surface area contributed by atoms with E-state index in [0.717, 1.165) is 43.4 Å². The quantitative estimate of drug-likeness (QED) is 0.884. The molecule has 0 aliphatic carbocycles. The molecule has 0 saturated carbocycles. The highest BCUT2D eigenvalue weighted by molar-refractivity contribution is 5.93. The zero-order chi connectivity index (χ0) is 18.5. The molecule has 0 unspecified atom stereocenters. The number of nitrogens with zero attached hydrogens (tertiary/aromatic N) is 4. The number of ether oxygens (including phenoxy) is 1. The number of carbonyl (C=O) groups excluding carboxylic acids is 1. The molecule has 1 amide bonds. The van der Waals surface area contributed by atoms with Crippen LogP contribution in [0, 0.1) is 0 Å². The van der Waals surface area contributed by atoms with Crippen molar-refractivity contribution in [3.8, 4) is 5.75 Å². The largest absolute Gasteiger partial charge is 0.495 e. The fourth-order valence-electron chi connectivity index (χ4n) is 3.05. The van der Waals surface area contributed by atoms with Gasteiger partial charge in [-0.05, 0) is 26.0 Å². The highest BCUT2D eigenvalue weighted by atomic mass is 16.5. The molecule has 3 rings (SSSR count). The van der Waals surface area contributed by atoms with Crippen LogP contribution in [0.3, 0.4) is 0 Å². The fraction of sp³-hybridized carbons (Fsp3) is 0.421. The predicted molar refractivity (Wildman–Crippen MR) is 102 cm³/mol. The molecular formula is C19H25N5O2. The Bertz CT molecular complexity index is 757. The SMILES string of the molecule is COc1ccccc1N1CCN(c2cc(C(=O)NC(C)C)ncn2)CC1. The van der Waals surface area contributed by atoms with Gasteiger partial charge >= 0.3 is 0 Å². The van der Waals surface area contributed by atoms with Crippen LogP contribution in [0.5, 0.6) is 5.75 Å². The molecule has 7 heteroatoms. The summed E-state index contributed by atoms with van der Waals surface area (Å²) in [5, 5.41) is 2.86. The Balaban J connectivity index is 1.67. The van der Waals surface area contributed by atoms with Gasteiger partial charge in [0.2, 0.25) is 0 Å². The van der Waals surface area contributed by atoms with Crippen molar-refractivity contribution in [2.24, 2.45) is 0 Å². The molecule has 26 heavy (non-hydrogen) atoms. The summed E-state index contributed by atoms with van der Waals surface area (Å²) >= 11 is 0. The zero-order valence-corrected chi connectivity index (χ0v) is 15.5. The van der Waals surface area contributed by atoms with Gasteiger partial charge in [0.05, 0.1) is 12.8 Å². The second-order valence-corrected chi connectivity index (χ2v) is 6.54. The number of piperazine rings is 1. The minimum Gasteiger partial charge on any atom is -0.495 e. The first kappa shape index (κ1) is 18.0. The van der Waals surface area contributed by atoms with Gasteiger partial charge in [0.25, 0.3) is 5.91 Å². The number of para-hydroxylation sites is 2. The van der Waals surface area contributed by atoms with Crippen LogP contribution < -0.4 is 19.9 Å². The summed E-state index contributed by atoms with van der Waals surface area (Å²) < 4.78 is 5.46. The second kappa shape index (κ2) is 8.03. The number of amides is 1. The molecule has 7 nitrogen and oxygen atoms in total. The van der Waals surface area contributed by atoms with Gasteiger partial charge in [-0.15, -0.1) is 0 Å². The van der Waals surface area contributed by atoms with Crippen LogP contribution in [0.2, 0.25) is 0 Å². The van der Waals surface area contributed by atoms with Gasteiger partial charge in [-0.25, -0.2) is 9.97 Å². The normalized spacial score (nSPS) is 14.5. The minimum absolute atomic E-state index is 0.0744. The van der Waals surface area contributed by atoms with E-state index >= 15 is 0 Å². The first-order valence-electron chi connectivity index (χ1n) is 8.84. The first-order chi connectivity index (χ1) is 12.6. The summed E-state index contributed by atoms with van der Waals surface area (Å²) in [6, 6.07) is 9.89. The number of methoxy groups -OCH3 is 1. The van der Waals surface area contributed by atoms with E-state index in [9.17, 15) is 4.79 Å². The highest BCUT2D eigenvalue weighted by Crippen LogP contribution is 2.28. The van der Waals surface area contributed by atoms with Crippen molar-refractivity contribution >= 4 is 17.4 Å². The second-order valence-electron chi connectivity index (χ2n) is 6.54. The van der Waals surface area contributed by atoms with E-state index in [-0.39, 0.29) is 11.9 Å². The average Bonchev–Trinajstić information content (AvgIpc) is 2.67. The number of rotatable bonds is 5. The number of carbonyl (C=O) groups is 1. The Morgan fingerprint density at radius 1 is 1.12 bits per heavy atom. The van der Waals surface area contributed by atoms with Crippen molar-refractivity contribution in [1.29, 1.82) is 0 Å². The molecule has 2 aromatic rings. The Morgan fingerprint density at radius 3 is 2.50 bits per heavy atom. The van der Waals surface area contributed by atoms with Crippen LogP contribution in [-0.2, 0) is 0 Å². The molecule has 1 N–H and O–H groups in total. The lowest BCUT2D eigenvalue weighted by Crippen LogP contribution is -2.47. The summed E-state index contributed by atoms with van der Waals surface area (Å²) in [6.45, 7) is 7.21. The predicted octanol–water partition coefficient (Wildman–Crippen LogP) is 1.95. The van der Waals surface area contributed by atoms with E-state index in [0.29, 0.717) is 5.69 Å². The van der Waals surface area contributed by atoms with E-state index < -0.39 is 0 Å². The van der Waals surface area contributed by atoms with Crippen LogP contribution in [0.1, 0.15) is 24.3 Å². The smallest absolute Gasteiger partial charge is 0.270 e. The van der Waals surface area contributed by atoms with E-state index in [1.165, 1.54) is 6.33 Å². The van der Waals surface area contributed by atoms with Crippen molar-refractivity contribution in [3.63, 3.8) is 0 Å². The van der Waals surface area contributed by atoms with Crippen LogP contribution in [0.25, 0.3) is 0 Å². The lowest BCUT2D eigenvalue weighted by molar-refractivity contribution is 0.0938. The average molecular weight is 355 g/mol. The lowest BCUT2D eigenvalue weighted by atomic mass is 10.2. The maximum absolute atomic E-state index is 12.2. The summed E-state index contributed by atoms with van der Waals surface area (Å²) in [5.41, 5.74) is 1.50. The van der Waals surface area contributed by atoms with Crippen molar-refractivity contribution in [3.05, 3.63) is 42.4 Å². The van der Waals surface area contributed by atoms with E-state index in [2.05, 4.69) is 31.2 Å². The molecule has 1 saturated heterocycles. The number of anilines is 2. The minimum atomic E-state index is -0.170. The Kier molecular flexibility index (Phi) is 5.55. The Hall–Kier alpha value is -2.83. The molecule has 0 radical (unpaired) electrons. The highest BCUT2D eigenvalue weighted by Gasteiger charge is 2.21. The molecule has 1 aromatic carbocycles. The van der Waals surface area contributed by atoms with Gasteiger partial charge in [-0.3, -0.25) is 4.79 Å². The molecular weight excluding hydrogens is 330 g/mol. The summed E-state index contributed by atoms with van der Waals surface area (Å²) in [6.07, 6.45) is 1.46. The molecule has 1 aliphatic rings. The van der Waals surface area contributed by atoms with Gasteiger partial charge in [-0.1, -0.05) is 12.1 Å². The van der Waals surface area contributed by atoms with Gasteiger partial charge in [0.15, 0.2) is 0 Å².